The molecule has 0 aliphatic carbocycles. The molecule has 0 spiro atoms. The van der Waals surface area contributed by atoms with Gasteiger partial charge in [0.2, 0.25) is 0 Å². The summed E-state index contributed by atoms with van der Waals surface area (Å²) in [6.07, 6.45) is -8.94. The fourth-order valence-electron chi connectivity index (χ4n) is 2.18. The molecule has 0 aromatic heterocycles. The highest BCUT2D eigenvalue weighted by molar-refractivity contribution is 5.37. The van der Waals surface area contributed by atoms with Crippen molar-refractivity contribution in [2.75, 3.05) is 0 Å². The quantitative estimate of drug-likeness (QED) is 0.630. The molecule has 0 aliphatic rings. The molecule has 118 valence electrons. The molecule has 0 unspecified atom stereocenters. The van der Waals surface area contributed by atoms with Gasteiger partial charge in [0.15, 0.2) is 0 Å². The highest BCUT2D eigenvalue weighted by Gasteiger charge is 2.32. The molecule has 0 heterocycles. The highest BCUT2D eigenvalue weighted by Crippen LogP contribution is 2.33. The molecule has 0 aliphatic heterocycles. The Morgan fingerprint density at radius 3 is 2.00 bits per heavy atom. The van der Waals surface area contributed by atoms with Crippen molar-refractivity contribution < 1.29 is 26.3 Å². The Balaban J connectivity index is 2.32. The molecule has 0 fully saturated rings. The van der Waals surface area contributed by atoms with Gasteiger partial charge >= 0.3 is 12.4 Å². The Hall–Kier alpha value is -1.98. The van der Waals surface area contributed by atoms with Gasteiger partial charge < -0.3 is 0 Å². The molecule has 22 heavy (non-hydrogen) atoms. The van der Waals surface area contributed by atoms with Crippen LogP contribution in [0.3, 0.4) is 0 Å². The normalized spacial score (nSPS) is 12.5. The summed E-state index contributed by atoms with van der Waals surface area (Å²) in [6.45, 7) is 1.34. The predicted octanol–water partition coefficient (Wildman–Crippen LogP) is 5.62. The zero-order valence-electron chi connectivity index (χ0n) is 11.5. The standard InChI is InChI=1S/C16H12F6/c1-10-5-6-12(9-14(10)16(20,21)22)7-11-3-2-4-13(8-11)15(17,18)19/h2-6,8-9H,7H2,1H3. The zero-order chi connectivity index (χ0) is 16.5. The average Bonchev–Trinajstić information content (AvgIpc) is 2.39. The molecule has 0 amide bonds. The summed E-state index contributed by atoms with van der Waals surface area (Å²) >= 11 is 0. The number of hydrogen-bond acceptors (Lipinski definition) is 0. The summed E-state index contributed by atoms with van der Waals surface area (Å²) in [6, 6.07) is 8.39. The summed E-state index contributed by atoms with van der Waals surface area (Å²) < 4.78 is 76.4. The third-order valence-electron chi connectivity index (χ3n) is 3.27. The lowest BCUT2D eigenvalue weighted by Gasteiger charge is -2.13. The summed E-state index contributed by atoms with van der Waals surface area (Å²) in [5.41, 5.74) is -0.866. The van der Waals surface area contributed by atoms with Crippen molar-refractivity contribution in [3.63, 3.8) is 0 Å². The fraction of sp³-hybridized carbons (Fsp3) is 0.250. The van der Waals surface area contributed by atoms with Crippen LogP contribution >= 0.6 is 0 Å². The van der Waals surface area contributed by atoms with Crippen molar-refractivity contribution in [3.8, 4) is 0 Å². The number of benzene rings is 2. The van der Waals surface area contributed by atoms with E-state index in [-0.39, 0.29) is 12.0 Å². The summed E-state index contributed by atoms with van der Waals surface area (Å²) in [5, 5.41) is 0. The monoisotopic (exact) mass is 318 g/mol. The van der Waals surface area contributed by atoms with E-state index in [1.165, 1.54) is 31.2 Å². The molecule has 0 bridgehead atoms. The van der Waals surface area contributed by atoms with E-state index in [0.29, 0.717) is 11.1 Å². The molecule has 0 saturated heterocycles. The van der Waals surface area contributed by atoms with Crippen molar-refractivity contribution in [2.45, 2.75) is 25.7 Å². The zero-order valence-corrected chi connectivity index (χ0v) is 11.5. The Morgan fingerprint density at radius 2 is 1.41 bits per heavy atom. The minimum Gasteiger partial charge on any atom is -0.166 e. The van der Waals surface area contributed by atoms with Gasteiger partial charge in [0.05, 0.1) is 11.1 Å². The Morgan fingerprint density at radius 1 is 0.773 bits per heavy atom. The molecule has 2 aromatic rings. The smallest absolute Gasteiger partial charge is 0.166 e. The van der Waals surface area contributed by atoms with Crippen LogP contribution in [0.2, 0.25) is 0 Å². The molecular weight excluding hydrogens is 306 g/mol. The van der Waals surface area contributed by atoms with E-state index >= 15 is 0 Å². The second-order valence-corrected chi connectivity index (χ2v) is 5.02. The van der Waals surface area contributed by atoms with E-state index in [2.05, 4.69) is 0 Å². The van der Waals surface area contributed by atoms with Crippen molar-refractivity contribution in [1.82, 2.24) is 0 Å². The van der Waals surface area contributed by atoms with Gasteiger partial charge in [0, 0.05) is 0 Å². The maximum Gasteiger partial charge on any atom is 0.416 e. The van der Waals surface area contributed by atoms with E-state index in [0.717, 1.165) is 18.2 Å². The van der Waals surface area contributed by atoms with Crippen molar-refractivity contribution in [3.05, 3.63) is 70.3 Å². The Kier molecular flexibility index (Phi) is 4.22. The molecule has 0 N–H and O–H groups in total. The number of hydrogen-bond donors (Lipinski definition) is 0. The van der Waals surface area contributed by atoms with Gasteiger partial charge in [-0.05, 0) is 42.2 Å². The molecule has 0 nitrogen and oxygen atoms in total. The molecule has 0 atom stereocenters. The first-order valence-electron chi connectivity index (χ1n) is 6.40. The molecule has 2 aromatic carbocycles. The number of rotatable bonds is 2. The Labute approximate surface area is 123 Å². The predicted molar refractivity (Wildman–Crippen MR) is 70.4 cm³/mol. The number of aryl methyl sites for hydroxylation is 1. The van der Waals surface area contributed by atoms with Gasteiger partial charge in [-0.1, -0.05) is 30.3 Å². The van der Waals surface area contributed by atoms with Crippen LogP contribution in [0.15, 0.2) is 42.5 Å². The van der Waals surface area contributed by atoms with Crippen LogP contribution in [0.1, 0.15) is 27.8 Å². The van der Waals surface area contributed by atoms with Gasteiger partial charge in [0.1, 0.15) is 0 Å². The topological polar surface area (TPSA) is 0 Å². The lowest BCUT2D eigenvalue weighted by Crippen LogP contribution is -2.08. The first-order valence-corrected chi connectivity index (χ1v) is 6.40. The maximum absolute atomic E-state index is 12.8. The summed E-state index contributed by atoms with van der Waals surface area (Å²) in [4.78, 5) is 0. The molecule has 0 saturated carbocycles. The van der Waals surface area contributed by atoms with Crippen molar-refractivity contribution in [2.24, 2.45) is 0 Å². The number of halogens is 6. The minimum absolute atomic E-state index is 0.00722. The van der Waals surface area contributed by atoms with Gasteiger partial charge in [0.25, 0.3) is 0 Å². The molecule has 2 rings (SSSR count). The second-order valence-electron chi connectivity index (χ2n) is 5.02. The first kappa shape index (κ1) is 16.4. The van der Waals surface area contributed by atoms with Crippen LogP contribution in [-0.4, -0.2) is 0 Å². The summed E-state index contributed by atoms with van der Waals surface area (Å²) in [5.74, 6) is 0. The van der Waals surface area contributed by atoms with Crippen LogP contribution < -0.4 is 0 Å². The third kappa shape index (κ3) is 3.81. The average molecular weight is 318 g/mol. The first-order chi connectivity index (χ1) is 10.1. The van der Waals surface area contributed by atoms with Crippen molar-refractivity contribution >= 4 is 0 Å². The van der Waals surface area contributed by atoms with Gasteiger partial charge in [-0.15, -0.1) is 0 Å². The van der Waals surface area contributed by atoms with Crippen LogP contribution in [0, 0.1) is 6.92 Å². The lowest BCUT2D eigenvalue weighted by atomic mass is 9.98. The highest BCUT2D eigenvalue weighted by atomic mass is 19.4. The van der Waals surface area contributed by atoms with E-state index in [1.807, 2.05) is 0 Å². The summed E-state index contributed by atoms with van der Waals surface area (Å²) in [7, 11) is 0. The van der Waals surface area contributed by atoms with E-state index in [9.17, 15) is 26.3 Å². The molecule has 6 heteroatoms. The van der Waals surface area contributed by atoms with Crippen molar-refractivity contribution in [1.29, 1.82) is 0 Å². The van der Waals surface area contributed by atoms with E-state index in [1.54, 1.807) is 0 Å². The van der Waals surface area contributed by atoms with Gasteiger partial charge in [-0.25, -0.2) is 0 Å². The Bertz CT molecular complexity index is 667. The molecular formula is C16H12F6. The largest absolute Gasteiger partial charge is 0.416 e. The SMILES string of the molecule is Cc1ccc(Cc2cccc(C(F)(F)F)c2)cc1C(F)(F)F. The van der Waals surface area contributed by atoms with Crippen LogP contribution in [0.5, 0.6) is 0 Å². The third-order valence-corrected chi connectivity index (χ3v) is 3.27. The van der Waals surface area contributed by atoms with E-state index < -0.39 is 23.5 Å². The lowest BCUT2D eigenvalue weighted by molar-refractivity contribution is -0.138. The fourth-order valence-corrected chi connectivity index (χ4v) is 2.18. The van der Waals surface area contributed by atoms with E-state index in [4.69, 9.17) is 0 Å². The van der Waals surface area contributed by atoms with Crippen LogP contribution in [-0.2, 0) is 18.8 Å². The van der Waals surface area contributed by atoms with Gasteiger partial charge in [-0.2, -0.15) is 26.3 Å². The van der Waals surface area contributed by atoms with Gasteiger partial charge in [-0.3, -0.25) is 0 Å². The van der Waals surface area contributed by atoms with Crippen LogP contribution in [0.4, 0.5) is 26.3 Å². The van der Waals surface area contributed by atoms with Crippen LogP contribution in [0.25, 0.3) is 0 Å². The molecule has 0 radical (unpaired) electrons. The second kappa shape index (κ2) is 5.66. The number of alkyl halides is 6. The maximum atomic E-state index is 12.8. The minimum atomic E-state index is -4.48.